The molecule has 11 heavy (non-hydrogen) atoms. The van der Waals surface area contributed by atoms with E-state index >= 15 is 0 Å². The Kier molecular flexibility index (Phi) is 7.20. The van der Waals surface area contributed by atoms with Gasteiger partial charge in [0.05, 0.1) is 6.04 Å². The van der Waals surface area contributed by atoms with Gasteiger partial charge in [-0.2, -0.15) is 0 Å². The lowest BCUT2D eigenvalue weighted by Gasteiger charge is -2.09. The van der Waals surface area contributed by atoms with E-state index in [0.717, 1.165) is 0 Å². The third kappa shape index (κ3) is 5.57. The number of Topliss-reactive ketones (excluding diaryl/α,β-unsaturated/α-hetero) is 1. The Balaban J connectivity index is 3.54. The summed E-state index contributed by atoms with van der Waals surface area (Å²) in [6.45, 7) is 1.56. The summed E-state index contributed by atoms with van der Waals surface area (Å²) < 4.78 is 0. The van der Waals surface area contributed by atoms with Crippen molar-refractivity contribution in [3.8, 4) is 11.7 Å². The number of hydrogen-bond acceptors (Lipinski definition) is 4. The molecule has 0 aliphatic heterocycles. The lowest BCUT2D eigenvalue weighted by molar-refractivity contribution is -0.118. The van der Waals surface area contributed by atoms with E-state index in [1.807, 2.05) is 0 Å². The fraction of sp³-hybridized carbons (Fsp3) is 0.500. The van der Waals surface area contributed by atoms with Crippen molar-refractivity contribution in [2.75, 3.05) is 5.75 Å². The minimum atomic E-state index is -0.106. The molecule has 0 aromatic rings. The van der Waals surface area contributed by atoms with Crippen LogP contribution in [-0.2, 0) is 4.79 Å². The van der Waals surface area contributed by atoms with Crippen molar-refractivity contribution < 1.29 is 4.79 Å². The van der Waals surface area contributed by atoms with Gasteiger partial charge in [0.15, 0.2) is 0 Å². The second-order valence-electron chi connectivity index (χ2n) is 1.82. The van der Waals surface area contributed by atoms with Crippen molar-refractivity contribution in [2.45, 2.75) is 13.0 Å². The topological polar surface area (TPSA) is 29.1 Å². The Labute approximate surface area is 77.3 Å². The molecule has 2 atom stereocenters. The van der Waals surface area contributed by atoms with Crippen molar-refractivity contribution in [3.63, 3.8) is 0 Å². The van der Waals surface area contributed by atoms with Gasteiger partial charge in [0.2, 0.25) is 0 Å². The summed E-state index contributed by atoms with van der Waals surface area (Å²) in [6, 6.07) is -0.106. The zero-order chi connectivity index (χ0) is 8.69. The summed E-state index contributed by atoms with van der Waals surface area (Å²) in [5.41, 5.74) is 0. The highest BCUT2D eigenvalue weighted by atomic mass is 33.1. The molecule has 0 aromatic carbocycles. The molecule has 0 aliphatic rings. The zero-order valence-electron chi connectivity index (χ0n) is 6.16. The maximum Gasteiger partial charge on any atom is 0.147 e. The Morgan fingerprint density at radius 3 is 2.91 bits per heavy atom. The minimum Gasteiger partial charge on any atom is -0.298 e. The van der Waals surface area contributed by atoms with E-state index in [1.54, 1.807) is 6.92 Å². The molecule has 0 rings (SSSR count). The summed E-state index contributed by atoms with van der Waals surface area (Å²) in [7, 11) is 5.14. The smallest absolute Gasteiger partial charge is 0.147 e. The molecule has 1 unspecified atom stereocenters. The van der Waals surface area contributed by atoms with Crippen LogP contribution < -0.4 is 5.09 Å². The van der Waals surface area contributed by atoms with Crippen LogP contribution in [0.2, 0.25) is 0 Å². The molecule has 0 radical (unpaired) electrons. The predicted octanol–water partition coefficient (Wildman–Crippen LogP) is 1.30. The van der Waals surface area contributed by atoms with E-state index < -0.39 is 0 Å². The lowest BCUT2D eigenvalue weighted by Crippen LogP contribution is -2.30. The number of hydrogen-bond donors (Lipinski definition) is 1. The maximum atomic E-state index is 10.8. The molecule has 62 valence electrons. The van der Waals surface area contributed by atoms with Crippen molar-refractivity contribution in [2.24, 2.45) is 0 Å². The quantitative estimate of drug-likeness (QED) is 0.318. The normalized spacial score (nSPS) is 12.1. The summed E-state index contributed by atoms with van der Waals surface area (Å²) in [5.74, 6) is 0.832. The van der Waals surface area contributed by atoms with Crippen LogP contribution in [0.15, 0.2) is 0 Å². The monoisotopic (exact) mass is 207 g/mol. The first-order valence-electron chi connectivity index (χ1n) is 2.93. The maximum absolute atomic E-state index is 10.8. The van der Waals surface area contributed by atoms with E-state index in [4.69, 9.17) is 6.42 Å². The molecule has 0 heterocycles. The molecule has 0 aliphatic carbocycles. The minimum absolute atomic E-state index is 0.106. The largest absolute Gasteiger partial charge is 0.298 e. The molecule has 0 amide bonds. The molecule has 0 fully saturated rings. The van der Waals surface area contributed by atoms with E-state index in [9.17, 15) is 4.79 Å². The number of ketones is 1. The fourth-order valence-corrected chi connectivity index (χ4v) is 2.36. The number of rotatable bonds is 5. The predicted molar refractivity (Wildman–Crippen MR) is 56.2 cm³/mol. The van der Waals surface area contributed by atoms with Gasteiger partial charge < -0.3 is 0 Å². The molecule has 0 saturated carbocycles. The van der Waals surface area contributed by atoms with Crippen LogP contribution in [0.25, 0.3) is 0 Å². The van der Waals surface area contributed by atoms with Crippen LogP contribution in [0.4, 0.5) is 0 Å². The van der Waals surface area contributed by atoms with Crippen LogP contribution in [0.5, 0.6) is 0 Å². The highest BCUT2D eigenvalue weighted by Crippen LogP contribution is 2.20. The molecule has 0 saturated heterocycles. The third-order valence-corrected chi connectivity index (χ3v) is 3.17. The molecular formula is C6H10NOPS2. The van der Waals surface area contributed by atoms with E-state index in [2.05, 4.69) is 19.7 Å². The Morgan fingerprint density at radius 1 is 1.91 bits per heavy atom. The molecule has 0 spiro atoms. The zero-order valence-corrected chi connectivity index (χ0v) is 8.95. The number of carbonyl (C=O) groups is 1. The van der Waals surface area contributed by atoms with Crippen LogP contribution in [0, 0.1) is 11.7 Å². The molecule has 1 N–H and O–H groups in total. The Bertz CT molecular complexity index is 168. The number of carbonyl (C=O) groups excluding carboxylic acids is 1. The van der Waals surface area contributed by atoms with E-state index in [-0.39, 0.29) is 11.8 Å². The second-order valence-corrected chi connectivity index (χ2v) is 4.33. The van der Waals surface area contributed by atoms with Crippen LogP contribution >= 0.6 is 31.0 Å². The van der Waals surface area contributed by atoms with Gasteiger partial charge >= 0.3 is 0 Å². The van der Waals surface area contributed by atoms with Gasteiger partial charge in [-0.25, -0.2) is 0 Å². The molecular weight excluding hydrogens is 197 g/mol. The summed E-state index contributed by atoms with van der Waals surface area (Å²) in [4.78, 5) is 10.8. The highest BCUT2D eigenvalue weighted by molar-refractivity contribution is 8.78. The second kappa shape index (κ2) is 7.00. The van der Waals surface area contributed by atoms with Crippen molar-refractivity contribution in [1.82, 2.24) is 5.09 Å². The average molecular weight is 207 g/mol. The first-order chi connectivity index (χ1) is 5.22. The first kappa shape index (κ1) is 11.3. The van der Waals surface area contributed by atoms with Gasteiger partial charge in [0, 0.05) is 5.75 Å². The number of terminal acetylenes is 1. The van der Waals surface area contributed by atoms with E-state index in [0.29, 0.717) is 5.75 Å². The first-order valence-corrected chi connectivity index (χ1v) is 5.82. The van der Waals surface area contributed by atoms with Gasteiger partial charge in [-0.15, -0.1) is 6.42 Å². The van der Waals surface area contributed by atoms with Crippen molar-refractivity contribution >= 4 is 36.8 Å². The fourth-order valence-electron chi connectivity index (χ4n) is 0.419. The molecule has 5 heteroatoms. The van der Waals surface area contributed by atoms with Crippen molar-refractivity contribution in [1.29, 1.82) is 0 Å². The van der Waals surface area contributed by atoms with Gasteiger partial charge in [-0.05, 0) is 23.0 Å². The van der Waals surface area contributed by atoms with Gasteiger partial charge in [0.25, 0.3) is 0 Å². The lowest BCUT2D eigenvalue weighted by atomic mass is 10.3. The SMILES string of the molecule is C#CSSC[C@H](NP)C(C)=O. The molecule has 2 nitrogen and oxygen atoms in total. The van der Waals surface area contributed by atoms with Crippen LogP contribution in [0.1, 0.15) is 6.92 Å². The standard InChI is InChI=1S/C6H10NOPS2/c1-3-10-11-4-6(7-9)5(2)8/h1,6-7H,4,9H2,2H3/t6-/m0/s1. The number of nitrogens with one attached hydrogen (secondary N) is 1. The van der Waals surface area contributed by atoms with Crippen LogP contribution in [-0.4, -0.2) is 17.6 Å². The van der Waals surface area contributed by atoms with Crippen molar-refractivity contribution in [3.05, 3.63) is 0 Å². The molecule has 0 bridgehead atoms. The Hall–Kier alpha value is 0.320. The third-order valence-electron chi connectivity index (χ3n) is 1.03. The van der Waals surface area contributed by atoms with E-state index in [1.165, 1.54) is 21.6 Å². The summed E-state index contributed by atoms with van der Waals surface area (Å²) in [6.07, 6.45) is 5.01. The summed E-state index contributed by atoms with van der Waals surface area (Å²) in [5, 5.41) is 5.24. The molecule has 0 aromatic heterocycles. The Morgan fingerprint density at radius 2 is 2.55 bits per heavy atom. The highest BCUT2D eigenvalue weighted by Gasteiger charge is 2.10. The van der Waals surface area contributed by atoms with Crippen LogP contribution in [0.3, 0.4) is 0 Å². The summed E-state index contributed by atoms with van der Waals surface area (Å²) >= 11 is 0. The van der Waals surface area contributed by atoms with Gasteiger partial charge in [0.1, 0.15) is 5.78 Å². The van der Waals surface area contributed by atoms with Gasteiger partial charge in [-0.3, -0.25) is 9.88 Å². The van der Waals surface area contributed by atoms with Gasteiger partial charge in [-0.1, -0.05) is 20.2 Å². The average Bonchev–Trinajstić information content (AvgIpc) is 1.97.